The van der Waals surface area contributed by atoms with Gasteiger partial charge in [-0.05, 0) is 53.1 Å². The van der Waals surface area contributed by atoms with E-state index in [4.69, 9.17) is 0 Å². The molecule has 1 aliphatic rings. The summed E-state index contributed by atoms with van der Waals surface area (Å²) in [7, 11) is 0. The van der Waals surface area contributed by atoms with Crippen molar-refractivity contribution in [3.05, 3.63) is 33.1 Å². The van der Waals surface area contributed by atoms with Crippen LogP contribution in [0, 0.1) is 15.3 Å². The maximum absolute atomic E-state index is 13.1. The van der Waals surface area contributed by atoms with Crippen molar-refractivity contribution in [3.8, 4) is 0 Å². The summed E-state index contributed by atoms with van der Waals surface area (Å²) < 4.78 is 13.8. The summed E-state index contributed by atoms with van der Waals surface area (Å²) in [6.45, 7) is 6.41. The maximum atomic E-state index is 13.1. The molecular weight excluding hydrogens is 410 g/mol. The number of benzene rings is 1. The molecule has 0 N–H and O–H groups in total. The van der Waals surface area contributed by atoms with Gasteiger partial charge in [0.2, 0.25) is 5.91 Å². The number of hydrogen-bond acceptors (Lipinski definition) is 2. The minimum Gasteiger partial charge on any atom is -0.339 e. The van der Waals surface area contributed by atoms with Crippen molar-refractivity contribution in [1.29, 1.82) is 0 Å². The van der Waals surface area contributed by atoms with Gasteiger partial charge in [0.15, 0.2) is 0 Å². The molecule has 2 rings (SSSR count). The number of carbonyl (C=O) groups excluding carboxylic acids is 2. The summed E-state index contributed by atoms with van der Waals surface area (Å²) in [4.78, 5) is 28.2. The van der Waals surface area contributed by atoms with E-state index in [-0.39, 0.29) is 17.6 Å². The van der Waals surface area contributed by atoms with E-state index in [2.05, 4.69) is 13.8 Å². The molecule has 0 saturated carbocycles. The highest BCUT2D eigenvalue weighted by Gasteiger charge is 2.25. The third-order valence-corrected chi connectivity index (χ3v) is 4.91. The number of nitrogens with zero attached hydrogens (tertiary/aromatic N) is 2. The van der Waals surface area contributed by atoms with E-state index >= 15 is 0 Å². The monoisotopic (exact) mass is 432 g/mol. The van der Waals surface area contributed by atoms with E-state index in [1.54, 1.807) is 4.90 Å². The van der Waals surface area contributed by atoms with E-state index in [1.165, 1.54) is 18.2 Å². The lowest BCUT2D eigenvalue weighted by Crippen LogP contribution is -2.50. The zero-order valence-corrected chi connectivity index (χ0v) is 15.7. The molecule has 126 valence electrons. The molecule has 1 saturated heterocycles. The van der Waals surface area contributed by atoms with Crippen LogP contribution in [0.2, 0.25) is 0 Å². The molecule has 1 aromatic rings. The Labute approximate surface area is 150 Å². The lowest BCUT2D eigenvalue weighted by atomic mass is 10.1. The molecule has 0 unspecified atom stereocenters. The molecule has 0 bridgehead atoms. The molecule has 0 aromatic heterocycles. The summed E-state index contributed by atoms with van der Waals surface area (Å²) >= 11 is 1.98. The molecule has 0 atom stereocenters. The van der Waals surface area contributed by atoms with Crippen molar-refractivity contribution in [2.45, 2.75) is 26.7 Å². The Kier molecular flexibility index (Phi) is 6.38. The highest BCUT2D eigenvalue weighted by molar-refractivity contribution is 14.1. The summed E-state index contributed by atoms with van der Waals surface area (Å²) in [6.07, 6.45) is 1.47. The van der Waals surface area contributed by atoms with Crippen LogP contribution < -0.4 is 0 Å². The highest BCUT2D eigenvalue weighted by atomic mass is 127. The quantitative estimate of drug-likeness (QED) is 0.687. The number of halogens is 2. The van der Waals surface area contributed by atoms with Crippen molar-refractivity contribution < 1.29 is 14.0 Å². The Morgan fingerprint density at radius 1 is 1.17 bits per heavy atom. The maximum Gasteiger partial charge on any atom is 0.255 e. The Hall–Kier alpha value is -1.18. The first-order valence-corrected chi connectivity index (χ1v) is 8.98. The number of piperazine rings is 1. The normalized spacial score (nSPS) is 15.2. The van der Waals surface area contributed by atoms with Gasteiger partial charge in [-0.1, -0.05) is 13.8 Å². The van der Waals surface area contributed by atoms with E-state index in [1.807, 2.05) is 27.5 Å². The molecule has 6 heteroatoms. The standard InChI is InChI=1S/C17H22FIN2O2/c1-12(2)3-6-16(22)20-7-9-21(10-8-20)17(23)14-5-4-13(18)11-15(14)19/h4-5,11-12H,3,6-10H2,1-2H3. The SMILES string of the molecule is CC(C)CCC(=O)N1CCN(C(=O)c2ccc(F)cc2I)CC1. The first kappa shape index (κ1) is 18.2. The van der Waals surface area contributed by atoms with Gasteiger partial charge in [-0.3, -0.25) is 9.59 Å². The summed E-state index contributed by atoms with van der Waals surface area (Å²) in [5.74, 6) is 0.250. The molecule has 0 spiro atoms. The minimum absolute atomic E-state index is 0.0938. The third-order valence-electron chi connectivity index (χ3n) is 4.02. The van der Waals surface area contributed by atoms with Gasteiger partial charge in [-0.2, -0.15) is 0 Å². The number of amides is 2. The molecule has 0 radical (unpaired) electrons. The van der Waals surface area contributed by atoms with Gasteiger partial charge in [-0.25, -0.2) is 4.39 Å². The Morgan fingerprint density at radius 3 is 2.35 bits per heavy atom. The Balaban J connectivity index is 1.91. The molecule has 1 heterocycles. The average Bonchev–Trinajstić information content (AvgIpc) is 2.52. The van der Waals surface area contributed by atoms with Crippen LogP contribution in [0.25, 0.3) is 0 Å². The van der Waals surface area contributed by atoms with E-state index < -0.39 is 0 Å². The predicted molar refractivity (Wildman–Crippen MR) is 95.7 cm³/mol. The summed E-state index contributed by atoms with van der Waals surface area (Å²) in [5.41, 5.74) is 0.520. The van der Waals surface area contributed by atoms with Crippen LogP contribution in [0.1, 0.15) is 37.0 Å². The first-order chi connectivity index (χ1) is 10.9. The average molecular weight is 432 g/mol. The lowest BCUT2D eigenvalue weighted by Gasteiger charge is -2.35. The van der Waals surface area contributed by atoms with Crippen LogP contribution >= 0.6 is 22.6 Å². The minimum atomic E-state index is -0.341. The smallest absolute Gasteiger partial charge is 0.255 e. The molecule has 0 aliphatic carbocycles. The molecule has 1 aliphatic heterocycles. The first-order valence-electron chi connectivity index (χ1n) is 7.90. The molecule has 1 fully saturated rings. The van der Waals surface area contributed by atoms with Crippen LogP contribution in [-0.4, -0.2) is 47.8 Å². The van der Waals surface area contributed by atoms with Crippen LogP contribution in [-0.2, 0) is 4.79 Å². The van der Waals surface area contributed by atoms with Crippen LogP contribution in [0.3, 0.4) is 0 Å². The van der Waals surface area contributed by atoms with Crippen LogP contribution in [0.15, 0.2) is 18.2 Å². The summed E-state index contributed by atoms with van der Waals surface area (Å²) in [5, 5.41) is 0. The molecule has 4 nitrogen and oxygen atoms in total. The molecule has 2 amide bonds. The van der Waals surface area contributed by atoms with Crippen molar-refractivity contribution >= 4 is 34.4 Å². The number of hydrogen-bond donors (Lipinski definition) is 0. The Bertz CT molecular complexity index is 584. The van der Waals surface area contributed by atoms with Gasteiger partial charge in [0.05, 0.1) is 5.56 Å². The zero-order valence-electron chi connectivity index (χ0n) is 13.5. The largest absolute Gasteiger partial charge is 0.339 e. The topological polar surface area (TPSA) is 40.6 Å². The second-order valence-corrected chi connectivity index (χ2v) is 7.39. The fraction of sp³-hybridized carbons (Fsp3) is 0.529. The number of rotatable bonds is 4. The second-order valence-electron chi connectivity index (χ2n) is 6.23. The van der Waals surface area contributed by atoms with E-state index in [9.17, 15) is 14.0 Å². The molecular formula is C17H22FIN2O2. The van der Waals surface area contributed by atoms with Gasteiger partial charge >= 0.3 is 0 Å². The molecule has 23 heavy (non-hydrogen) atoms. The number of carbonyl (C=O) groups is 2. The van der Waals surface area contributed by atoms with Crippen molar-refractivity contribution in [2.75, 3.05) is 26.2 Å². The zero-order chi connectivity index (χ0) is 17.0. The van der Waals surface area contributed by atoms with Crippen LogP contribution in [0.4, 0.5) is 4.39 Å². The van der Waals surface area contributed by atoms with E-state index in [0.717, 1.165) is 6.42 Å². The van der Waals surface area contributed by atoms with Gasteiger partial charge < -0.3 is 9.80 Å². The van der Waals surface area contributed by atoms with Gasteiger partial charge in [0.1, 0.15) is 5.82 Å². The van der Waals surface area contributed by atoms with Crippen molar-refractivity contribution in [1.82, 2.24) is 9.80 Å². The highest BCUT2D eigenvalue weighted by Crippen LogP contribution is 2.17. The van der Waals surface area contributed by atoms with Crippen molar-refractivity contribution in [2.24, 2.45) is 5.92 Å². The fourth-order valence-corrected chi connectivity index (χ4v) is 3.27. The molecule has 1 aromatic carbocycles. The fourth-order valence-electron chi connectivity index (χ4n) is 2.56. The lowest BCUT2D eigenvalue weighted by molar-refractivity contribution is -0.132. The second kappa shape index (κ2) is 8.08. The van der Waals surface area contributed by atoms with Crippen LogP contribution in [0.5, 0.6) is 0 Å². The van der Waals surface area contributed by atoms with Crippen molar-refractivity contribution in [3.63, 3.8) is 0 Å². The van der Waals surface area contributed by atoms with Gasteiger partial charge in [0, 0.05) is 36.2 Å². The van der Waals surface area contributed by atoms with Gasteiger partial charge in [-0.15, -0.1) is 0 Å². The predicted octanol–water partition coefficient (Wildman–Crippen LogP) is 3.15. The van der Waals surface area contributed by atoms with Gasteiger partial charge in [0.25, 0.3) is 5.91 Å². The Morgan fingerprint density at radius 2 is 1.78 bits per heavy atom. The summed E-state index contributed by atoms with van der Waals surface area (Å²) in [6, 6.07) is 4.19. The van der Waals surface area contributed by atoms with E-state index in [0.29, 0.717) is 47.7 Å². The third kappa shape index (κ3) is 4.89.